The minimum absolute atomic E-state index is 0.108. The first kappa shape index (κ1) is 11.9. The van der Waals surface area contributed by atoms with E-state index in [0.29, 0.717) is 0 Å². The standard InChI is InChI=1S/C11H11BrO3/c12-7-10(13)9(6-11(14)15)8-4-2-1-3-5-8/h1-5,9H,6-7H2,(H,14,15). The molecular formula is C11H11BrO3. The highest BCUT2D eigenvalue weighted by atomic mass is 79.9. The van der Waals surface area contributed by atoms with Crippen LogP contribution in [0, 0.1) is 0 Å². The van der Waals surface area contributed by atoms with Crippen LogP contribution >= 0.6 is 15.9 Å². The fraction of sp³-hybridized carbons (Fsp3) is 0.273. The summed E-state index contributed by atoms with van der Waals surface area (Å²) in [6, 6.07) is 8.97. The van der Waals surface area contributed by atoms with Crippen LogP contribution < -0.4 is 0 Å². The summed E-state index contributed by atoms with van der Waals surface area (Å²) in [6.45, 7) is 0. The largest absolute Gasteiger partial charge is 0.481 e. The molecule has 1 rings (SSSR count). The fourth-order valence-electron chi connectivity index (χ4n) is 1.37. The van der Waals surface area contributed by atoms with Gasteiger partial charge in [-0.05, 0) is 5.56 Å². The van der Waals surface area contributed by atoms with E-state index in [1.165, 1.54) is 0 Å². The number of hydrogen-bond donors (Lipinski definition) is 1. The molecule has 0 radical (unpaired) electrons. The molecule has 0 fully saturated rings. The Morgan fingerprint density at radius 1 is 1.27 bits per heavy atom. The molecule has 0 aliphatic rings. The molecule has 0 aromatic heterocycles. The van der Waals surface area contributed by atoms with Crippen molar-refractivity contribution < 1.29 is 14.7 Å². The van der Waals surface area contributed by atoms with Crippen LogP contribution in [-0.2, 0) is 9.59 Å². The van der Waals surface area contributed by atoms with Gasteiger partial charge in [0.1, 0.15) is 0 Å². The molecular weight excluding hydrogens is 260 g/mol. The Morgan fingerprint density at radius 2 is 1.87 bits per heavy atom. The first-order valence-electron chi connectivity index (χ1n) is 4.50. The molecule has 0 spiro atoms. The molecule has 0 aliphatic heterocycles. The van der Waals surface area contributed by atoms with Crippen molar-refractivity contribution in [2.24, 2.45) is 0 Å². The SMILES string of the molecule is O=C(O)CC(C(=O)CBr)c1ccccc1. The number of ketones is 1. The van der Waals surface area contributed by atoms with E-state index in [1.807, 2.05) is 6.07 Å². The predicted molar refractivity (Wildman–Crippen MR) is 60.2 cm³/mol. The highest BCUT2D eigenvalue weighted by Gasteiger charge is 2.22. The van der Waals surface area contributed by atoms with Gasteiger partial charge in [0.15, 0.2) is 5.78 Å². The van der Waals surface area contributed by atoms with E-state index in [2.05, 4.69) is 15.9 Å². The lowest BCUT2D eigenvalue weighted by atomic mass is 9.92. The van der Waals surface area contributed by atoms with Crippen LogP contribution in [0.3, 0.4) is 0 Å². The maximum atomic E-state index is 11.5. The van der Waals surface area contributed by atoms with Crippen molar-refractivity contribution in [3.8, 4) is 0 Å². The van der Waals surface area contributed by atoms with Crippen LogP contribution in [0.4, 0.5) is 0 Å². The lowest BCUT2D eigenvalue weighted by Gasteiger charge is -2.12. The molecule has 3 nitrogen and oxygen atoms in total. The van der Waals surface area contributed by atoms with Gasteiger partial charge in [0.25, 0.3) is 0 Å². The Kier molecular flexibility index (Phi) is 4.49. The van der Waals surface area contributed by atoms with Crippen LogP contribution in [0.5, 0.6) is 0 Å². The van der Waals surface area contributed by atoms with Gasteiger partial charge in [-0.15, -0.1) is 0 Å². The molecule has 4 heteroatoms. The summed E-state index contributed by atoms with van der Waals surface area (Å²) < 4.78 is 0. The normalized spacial score (nSPS) is 12.1. The Hall–Kier alpha value is -1.16. The maximum Gasteiger partial charge on any atom is 0.304 e. The van der Waals surface area contributed by atoms with Gasteiger partial charge >= 0.3 is 5.97 Å². The number of alkyl halides is 1. The molecule has 1 N–H and O–H groups in total. The van der Waals surface area contributed by atoms with Gasteiger partial charge in [0.2, 0.25) is 0 Å². The van der Waals surface area contributed by atoms with E-state index in [9.17, 15) is 9.59 Å². The number of carboxylic acids is 1. The molecule has 0 saturated carbocycles. The number of rotatable bonds is 5. The first-order chi connectivity index (χ1) is 7.15. The van der Waals surface area contributed by atoms with Crippen molar-refractivity contribution in [1.82, 2.24) is 0 Å². The second kappa shape index (κ2) is 5.66. The lowest BCUT2D eigenvalue weighted by Crippen LogP contribution is -2.17. The monoisotopic (exact) mass is 270 g/mol. The molecule has 1 aromatic rings. The summed E-state index contributed by atoms with van der Waals surface area (Å²) in [5, 5.41) is 8.90. The molecule has 0 amide bonds. The molecule has 1 atom stereocenters. The van der Waals surface area contributed by atoms with Gasteiger partial charge in [0.05, 0.1) is 17.7 Å². The number of carboxylic acid groups (broad SMARTS) is 1. The van der Waals surface area contributed by atoms with Gasteiger partial charge in [-0.2, -0.15) is 0 Å². The Labute approximate surface area is 96.2 Å². The molecule has 0 bridgehead atoms. The van der Waals surface area contributed by atoms with Gasteiger partial charge in [0, 0.05) is 0 Å². The minimum Gasteiger partial charge on any atom is -0.481 e. The molecule has 15 heavy (non-hydrogen) atoms. The minimum atomic E-state index is -0.960. The Bertz CT molecular complexity index is 348. The first-order valence-corrected chi connectivity index (χ1v) is 5.62. The van der Waals surface area contributed by atoms with Gasteiger partial charge in [-0.25, -0.2) is 0 Å². The summed E-state index contributed by atoms with van der Waals surface area (Å²) in [6.07, 6.45) is -0.158. The summed E-state index contributed by atoms with van der Waals surface area (Å²) in [5.41, 5.74) is 0.754. The fourth-order valence-corrected chi connectivity index (χ4v) is 1.76. The van der Waals surface area contributed by atoms with Crippen LogP contribution in [0.15, 0.2) is 30.3 Å². The summed E-state index contributed by atoms with van der Waals surface area (Å²) in [7, 11) is 0. The van der Waals surface area contributed by atoms with E-state index in [4.69, 9.17) is 5.11 Å². The number of carbonyl (C=O) groups excluding carboxylic acids is 1. The van der Waals surface area contributed by atoms with E-state index >= 15 is 0 Å². The van der Waals surface area contributed by atoms with Crippen molar-refractivity contribution in [3.05, 3.63) is 35.9 Å². The topological polar surface area (TPSA) is 54.4 Å². The highest BCUT2D eigenvalue weighted by Crippen LogP contribution is 2.21. The molecule has 0 heterocycles. The molecule has 0 aliphatic carbocycles. The number of benzene rings is 1. The second-order valence-corrected chi connectivity index (χ2v) is 3.72. The zero-order valence-electron chi connectivity index (χ0n) is 8.02. The Balaban J connectivity index is 2.91. The zero-order valence-corrected chi connectivity index (χ0v) is 9.61. The molecule has 1 unspecified atom stereocenters. The lowest BCUT2D eigenvalue weighted by molar-refractivity contribution is -0.139. The number of hydrogen-bond acceptors (Lipinski definition) is 2. The third-order valence-corrected chi connectivity index (χ3v) is 2.65. The number of Topliss-reactive ketones (excluding diaryl/α,β-unsaturated/α-hetero) is 1. The predicted octanol–water partition coefficient (Wildman–Crippen LogP) is 2.21. The van der Waals surface area contributed by atoms with Crippen molar-refractivity contribution in [2.75, 3.05) is 5.33 Å². The van der Waals surface area contributed by atoms with E-state index in [0.717, 1.165) is 5.56 Å². The van der Waals surface area contributed by atoms with Crippen LogP contribution in [-0.4, -0.2) is 22.2 Å². The average molecular weight is 271 g/mol. The van der Waals surface area contributed by atoms with Gasteiger partial charge < -0.3 is 5.11 Å². The molecule has 0 saturated heterocycles. The smallest absolute Gasteiger partial charge is 0.304 e. The Morgan fingerprint density at radius 3 is 2.33 bits per heavy atom. The summed E-state index contributed by atoms with van der Waals surface area (Å²) in [5.74, 6) is -1.62. The van der Waals surface area contributed by atoms with Gasteiger partial charge in [-0.3, -0.25) is 9.59 Å². The van der Waals surface area contributed by atoms with Gasteiger partial charge in [-0.1, -0.05) is 46.3 Å². The summed E-state index contributed by atoms with van der Waals surface area (Å²) in [4.78, 5) is 22.2. The van der Waals surface area contributed by atoms with E-state index < -0.39 is 11.9 Å². The molecule has 80 valence electrons. The number of carbonyl (C=O) groups is 2. The van der Waals surface area contributed by atoms with Crippen molar-refractivity contribution in [3.63, 3.8) is 0 Å². The number of aliphatic carboxylic acids is 1. The third-order valence-electron chi connectivity index (χ3n) is 2.10. The second-order valence-electron chi connectivity index (χ2n) is 3.16. The highest BCUT2D eigenvalue weighted by molar-refractivity contribution is 9.09. The summed E-state index contributed by atoms with van der Waals surface area (Å²) >= 11 is 3.06. The van der Waals surface area contributed by atoms with Crippen LogP contribution in [0.1, 0.15) is 17.9 Å². The number of halogens is 1. The van der Waals surface area contributed by atoms with Crippen LogP contribution in [0.25, 0.3) is 0 Å². The van der Waals surface area contributed by atoms with Crippen molar-refractivity contribution >= 4 is 27.7 Å². The maximum absolute atomic E-state index is 11.5. The van der Waals surface area contributed by atoms with Crippen molar-refractivity contribution in [1.29, 1.82) is 0 Å². The van der Waals surface area contributed by atoms with Crippen LogP contribution in [0.2, 0.25) is 0 Å². The van der Waals surface area contributed by atoms with Crippen molar-refractivity contribution in [2.45, 2.75) is 12.3 Å². The quantitative estimate of drug-likeness (QED) is 0.835. The average Bonchev–Trinajstić information content (AvgIpc) is 2.26. The van der Waals surface area contributed by atoms with E-state index in [1.54, 1.807) is 24.3 Å². The zero-order chi connectivity index (χ0) is 11.3. The van der Waals surface area contributed by atoms with E-state index in [-0.39, 0.29) is 17.5 Å². The third kappa shape index (κ3) is 3.47. The molecule has 1 aromatic carbocycles.